The first kappa shape index (κ1) is 14.9. The number of nitrogens with one attached hydrogen (secondary N) is 1. The molecule has 1 fully saturated rings. The summed E-state index contributed by atoms with van der Waals surface area (Å²) in [7, 11) is 0. The van der Waals surface area contributed by atoms with Gasteiger partial charge in [0.25, 0.3) is 11.8 Å². The van der Waals surface area contributed by atoms with Crippen LogP contribution in [-0.4, -0.2) is 28.2 Å². The number of alkyl halides is 2. The van der Waals surface area contributed by atoms with E-state index in [4.69, 9.17) is 0 Å². The summed E-state index contributed by atoms with van der Waals surface area (Å²) >= 11 is 0. The van der Waals surface area contributed by atoms with Gasteiger partial charge in [-0.3, -0.25) is 9.48 Å². The summed E-state index contributed by atoms with van der Waals surface area (Å²) in [4.78, 5) is 11.9. The monoisotopic (exact) mass is 285 g/mol. The molecule has 1 amide bonds. The van der Waals surface area contributed by atoms with Crippen LogP contribution < -0.4 is 5.32 Å². The molecule has 4 nitrogen and oxygen atoms in total. The number of carbonyl (C=O) groups excluding carboxylic acids is 1. The van der Waals surface area contributed by atoms with E-state index in [-0.39, 0.29) is 30.6 Å². The second-order valence-electron chi connectivity index (χ2n) is 5.69. The molecule has 1 saturated carbocycles. The third-order valence-electron chi connectivity index (χ3n) is 3.79. The Labute approximate surface area is 117 Å². The highest BCUT2D eigenvalue weighted by Gasteiger charge is 2.41. The maximum absolute atomic E-state index is 13.7. The first-order valence-electron chi connectivity index (χ1n) is 7.11. The fraction of sp³-hybridized carbons (Fsp3) is 0.714. The summed E-state index contributed by atoms with van der Waals surface area (Å²) in [6.07, 6.45) is 3.48. The van der Waals surface area contributed by atoms with E-state index >= 15 is 0 Å². The molecule has 0 radical (unpaired) electrons. The normalized spacial score (nSPS) is 21.9. The molecule has 6 heteroatoms. The van der Waals surface area contributed by atoms with Gasteiger partial charge in [0.15, 0.2) is 0 Å². The number of amides is 1. The van der Waals surface area contributed by atoms with Crippen molar-refractivity contribution >= 4 is 5.91 Å². The Morgan fingerprint density at radius 2 is 2.30 bits per heavy atom. The van der Waals surface area contributed by atoms with Crippen molar-refractivity contribution in [3.63, 3.8) is 0 Å². The van der Waals surface area contributed by atoms with E-state index in [9.17, 15) is 13.6 Å². The standard InChI is InChI=1S/C14H21F2N3O/c1-10(2)19-8-6-12(18-19)13(20)17-9-11-5-3-4-7-14(11,15)16/h6,8,10-11H,3-5,7,9H2,1-2H3,(H,17,20)/t11-/m0/s1. The minimum atomic E-state index is -2.66. The van der Waals surface area contributed by atoms with Crippen LogP contribution in [-0.2, 0) is 0 Å². The third kappa shape index (κ3) is 3.35. The molecule has 0 spiro atoms. The van der Waals surface area contributed by atoms with Crippen LogP contribution in [0.3, 0.4) is 0 Å². The van der Waals surface area contributed by atoms with Gasteiger partial charge >= 0.3 is 0 Å². The Morgan fingerprint density at radius 1 is 1.55 bits per heavy atom. The molecule has 2 rings (SSSR count). The van der Waals surface area contributed by atoms with Crippen molar-refractivity contribution in [2.75, 3.05) is 6.54 Å². The zero-order valence-corrected chi connectivity index (χ0v) is 11.9. The van der Waals surface area contributed by atoms with Gasteiger partial charge in [-0.1, -0.05) is 6.42 Å². The van der Waals surface area contributed by atoms with Crippen LogP contribution in [0, 0.1) is 5.92 Å². The molecule has 1 atom stereocenters. The van der Waals surface area contributed by atoms with Gasteiger partial charge in [-0.05, 0) is 32.8 Å². The minimum absolute atomic E-state index is 0.0143. The van der Waals surface area contributed by atoms with Crippen LogP contribution in [0.15, 0.2) is 12.3 Å². The summed E-state index contributed by atoms with van der Waals surface area (Å²) < 4.78 is 29.0. The number of rotatable bonds is 4. The smallest absolute Gasteiger partial charge is 0.271 e. The van der Waals surface area contributed by atoms with E-state index in [1.54, 1.807) is 16.9 Å². The number of hydrogen-bond acceptors (Lipinski definition) is 2. The second kappa shape index (κ2) is 5.89. The zero-order valence-electron chi connectivity index (χ0n) is 11.9. The van der Waals surface area contributed by atoms with Gasteiger partial charge in [-0.2, -0.15) is 5.10 Å². The molecule has 0 aromatic carbocycles. The molecule has 1 aliphatic carbocycles. The minimum Gasteiger partial charge on any atom is -0.350 e. The van der Waals surface area contributed by atoms with Gasteiger partial charge in [0.2, 0.25) is 0 Å². The molecule has 0 bridgehead atoms. The fourth-order valence-electron chi connectivity index (χ4n) is 2.47. The van der Waals surface area contributed by atoms with Gasteiger partial charge in [0, 0.05) is 31.1 Å². The van der Waals surface area contributed by atoms with Crippen molar-refractivity contribution in [3.8, 4) is 0 Å². The summed E-state index contributed by atoms with van der Waals surface area (Å²) in [6.45, 7) is 3.93. The van der Waals surface area contributed by atoms with Crippen LogP contribution in [0.5, 0.6) is 0 Å². The molecule has 20 heavy (non-hydrogen) atoms. The highest BCUT2D eigenvalue weighted by atomic mass is 19.3. The molecule has 1 N–H and O–H groups in total. The molecule has 1 aliphatic rings. The number of nitrogens with zero attached hydrogens (tertiary/aromatic N) is 2. The van der Waals surface area contributed by atoms with E-state index in [2.05, 4.69) is 10.4 Å². The zero-order chi connectivity index (χ0) is 14.8. The van der Waals surface area contributed by atoms with Crippen LogP contribution in [0.4, 0.5) is 8.78 Å². The number of halogens is 2. The van der Waals surface area contributed by atoms with Gasteiger partial charge < -0.3 is 5.32 Å². The molecule has 0 aliphatic heterocycles. The van der Waals surface area contributed by atoms with E-state index in [0.717, 1.165) is 6.42 Å². The van der Waals surface area contributed by atoms with Crippen LogP contribution >= 0.6 is 0 Å². The third-order valence-corrected chi connectivity index (χ3v) is 3.79. The lowest BCUT2D eigenvalue weighted by Crippen LogP contribution is -2.40. The predicted molar refractivity (Wildman–Crippen MR) is 71.9 cm³/mol. The van der Waals surface area contributed by atoms with Crippen molar-refractivity contribution < 1.29 is 13.6 Å². The van der Waals surface area contributed by atoms with Crippen LogP contribution in [0.2, 0.25) is 0 Å². The Morgan fingerprint density at radius 3 is 2.90 bits per heavy atom. The number of hydrogen-bond donors (Lipinski definition) is 1. The number of aromatic nitrogens is 2. The second-order valence-corrected chi connectivity index (χ2v) is 5.69. The lowest BCUT2D eigenvalue weighted by molar-refractivity contribution is -0.0835. The summed E-state index contributed by atoms with van der Waals surface area (Å²) in [5.41, 5.74) is 0.276. The van der Waals surface area contributed by atoms with E-state index in [1.165, 1.54) is 0 Å². The molecular weight excluding hydrogens is 264 g/mol. The summed E-state index contributed by atoms with van der Waals surface area (Å²) in [5.74, 6) is -3.80. The Kier molecular flexibility index (Phi) is 4.40. The van der Waals surface area contributed by atoms with Gasteiger partial charge in [-0.25, -0.2) is 8.78 Å². The highest BCUT2D eigenvalue weighted by molar-refractivity contribution is 5.92. The largest absolute Gasteiger partial charge is 0.350 e. The van der Waals surface area contributed by atoms with Gasteiger partial charge in [-0.15, -0.1) is 0 Å². The maximum atomic E-state index is 13.7. The highest BCUT2D eigenvalue weighted by Crippen LogP contribution is 2.37. The van der Waals surface area contributed by atoms with E-state index < -0.39 is 11.8 Å². The van der Waals surface area contributed by atoms with Crippen molar-refractivity contribution in [2.24, 2.45) is 5.92 Å². The Hall–Kier alpha value is -1.46. The lowest BCUT2D eigenvalue weighted by atomic mass is 9.85. The van der Waals surface area contributed by atoms with Gasteiger partial charge in [0.05, 0.1) is 0 Å². The van der Waals surface area contributed by atoms with Crippen molar-refractivity contribution in [3.05, 3.63) is 18.0 Å². The average molecular weight is 285 g/mol. The molecule has 112 valence electrons. The molecule has 1 heterocycles. The van der Waals surface area contributed by atoms with Crippen molar-refractivity contribution in [1.82, 2.24) is 15.1 Å². The SMILES string of the molecule is CC(C)n1ccc(C(=O)NC[C@@H]2CCCCC2(F)F)n1. The van der Waals surface area contributed by atoms with Crippen molar-refractivity contribution in [1.29, 1.82) is 0 Å². The quantitative estimate of drug-likeness (QED) is 0.924. The Balaban J connectivity index is 1.91. The molecule has 0 saturated heterocycles. The predicted octanol–water partition coefficient (Wildman–Crippen LogP) is 3.02. The fourth-order valence-corrected chi connectivity index (χ4v) is 2.47. The van der Waals surface area contributed by atoms with E-state index in [0.29, 0.717) is 12.8 Å². The lowest BCUT2D eigenvalue weighted by Gasteiger charge is -2.31. The van der Waals surface area contributed by atoms with Gasteiger partial charge in [0.1, 0.15) is 5.69 Å². The Bertz CT molecular complexity index is 471. The maximum Gasteiger partial charge on any atom is 0.271 e. The summed E-state index contributed by atoms with van der Waals surface area (Å²) in [6, 6.07) is 1.77. The number of carbonyl (C=O) groups is 1. The summed E-state index contributed by atoms with van der Waals surface area (Å²) in [5, 5.41) is 6.71. The molecule has 1 aromatic heterocycles. The first-order chi connectivity index (χ1) is 9.40. The van der Waals surface area contributed by atoms with E-state index in [1.807, 2.05) is 13.8 Å². The van der Waals surface area contributed by atoms with Crippen LogP contribution in [0.1, 0.15) is 56.1 Å². The topological polar surface area (TPSA) is 46.9 Å². The molecule has 1 aromatic rings. The van der Waals surface area contributed by atoms with Crippen LogP contribution in [0.25, 0.3) is 0 Å². The first-order valence-corrected chi connectivity index (χ1v) is 7.11. The molecule has 0 unspecified atom stereocenters. The average Bonchev–Trinajstić information content (AvgIpc) is 2.86. The van der Waals surface area contributed by atoms with Crippen molar-refractivity contribution in [2.45, 2.75) is 51.5 Å². The molecular formula is C14H21F2N3O.